The molecule has 2 heterocycles. The van der Waals surface area contributed by atoms with Crippen molar-refractivity contribution in [1.29, 1.82) is 0 Å². The van der Waals surface area contributed by atoms with Gasteiger partial charge in [-0.1, -0.05) is 0 Å². The second-order valence-corrected chi connectivity index (χ2v) is 5.94. The predicted octanol–water partition coefficient (Wildman–Crippen LogP) is 4.52. The standard InChI is InChI=1S/C14H7F2NO2S2/c15-8-1-2-10(16)9(4-8)13-17-11(6-21-13)12-3-7(5-20-12)14(18)19/h1-6H,(H,18,19). The first-order chi connectivity index (χ1) is 10.0. The number of hydrogen-bond donors (Lipinski definition) is 1. The number of halogens is 2. The Morgan fingerprint density at radius 1 is 1.14 bits per heavy atom. The summed E-state index contributed by atoms with van der Waals surface area (Å²) < 4.78 is 26.9. The average Bonchev–Trinajstić information content (AvgIpc) is 3.09. The van der Waals surface area contributed by atoms with Crippen molar-refractivity contribution < 1.29 is 18.7 Å². The topological polar surface area (TPSA) is 50.2 Å². The number of nitrogens with zero attached hydrogens (tertiary/aromatic N) is 1. The number of carboxylic acid groups (broad SMARTS) is 1. The van der Waals surface area contributed by atoms with Crippen LogP contribution in [0.5, 0.6) is 0 Å². The highest BCUT2D eigenvalue weighted by atomic mass is 32.1. The van der Waals surface area contributed by atoms with Gasteiger partial charge in [0.25, 0.3) is 0 Å². The molecule has 0 radical (unpaired) electrons. The van der Waals surface area contributed by atoms with Crippen LogP contribution in [0.2, 0.25) is 0 Å². The highest BCUT2D eigenvalue weighted by Crippen LogP contribution is 2.33. The Bertz CT molecular complexity index is 826. The molecule has 2 aromatic heterocycles. The summed E-state index contributed by atoms with van der Waals surface area (Å²) in [5.41, 5.74) is 0.832. The van der Waals surface area contributed by atoms with Crippen molar-refractivity contribution in [1.82, 2.24) is 4.98 Å². The molecule has 0 aliphatic rings. The molecule has 0 aliphatic heterocycles. The summed E-state index contributed by atoms with van der Waals surface area (Å²) in [7, 11) is 0. The van der Waals surface area contributed by atoms with Crippen LogP contribution in [0.4, 0.5) is 8.78 Å². The number of benzene rings is 1. The van der Waals surface area contributed by atoms with E-state index >= 15 is 0 Å². The van der Waals surface area contributed by atoms with Gasteiger partial charge in [-0.25, -0.2) is 18.6 Å². The van der Waals surface area contributed by atoms with Crippen molar-refractivity contribution in [2.75, 3.05) is 0 Å². The number of thiophene rings is 1. The summed E-state index contributed by atoms with van der Waals surface area (Å²) in [6, 6.07) is 4.70. The molecule has 7 heteroatoms. The molecule has 3 aromatic rings. The first kappa shape index (κ1) is 13.8. The van der Waals surface area contributed by atoms with Crippen LogP contribution in [0.3, 0.4) is 0 Å². The molecule has 21 heavy (non-hydrogen) atoms. The molecule has 0 amide bonds. The Morgan fingerprint density at radius 2 is 1.95 bits per heavy atom. The monoisotopic (exact) mass is 323 g/mol. The minimum Gasteiger partial charge on any atom is -0.478 e. The number of thiazole rings is 1. The zero-order chi connectivity index (χ0) is 15.0. The van der Waals surface area contributed by atoms with E-state index in [0.29, 0.717) is 15.6 Å². The maximum Gasteiger partial charge on any atom is 0.336 e. The van der Waals surface area contributed by atoms with Crippen molar-refractivity contribution in [2.45, 2.75) is 0 Å². The third kappa shape index (κ3) is 2.70. The van der Waals surface area contributed by atoms with Gasteiger partial charge in [0.15, 0.2) is 0 Å². The molecule has 3 rings (SSSR count). The number of aromatic carboxylic acids is 1. The van der Waals surface area contributed by atoms with E-state index in [2.05, 4.69) is 4.98 Å². The first-order valence-electron chi connectivity index (χ1n) is 5.78. The van der Waals surface area contributed by atoms with Gasteiger partial charge in [0.2, 0.25) is 0 Å². The Balaban J connectivity index is 1.99. The molecule has 0 atom stereocenters. The molecule has 0 fully saturated rings. The normalized spacial score (nSPS) is 10.8. The number of carboxylic acids is 1. The van der Waals surface area contributed by atoms with Crippen LogP contribution in [0.1, 0.15) is 10.4 Å². The number of hydrogen-bond acceptors (Lipinski definition) is 4. The third-order valence-electron chi connectivity index (χ3n) is 2.76. The number of aromatic nitrogens is 1. The summed E-state index contributed by atoms with van der Waals surface area (Å²) in [6.07, 6.45) is 0. The lowest BCUT2D eigenvalue weighted by Crippen LogP contribution is -1.91. The van der Waals surface area contributed by atoms with Crippen molar-refractivity contribution in [3.8, 4) is 21.1 Å². The molecular formula is C14H7F2NO2S2. The van der Waals surface area contributed by atoms with Gasteiger partial charge in [-0.15, -0.1) is 22.7 Å². The van der Waals surface area contributed by atoms with Gasteiger partial charge in [-0.3, -0.25) is 0 Å². The largest absolute Gasteiger partial charge is 0.478 e. The maximum atomic E-state index is 13.7. The molecular weight excluding hydrogens is 316 g/mol. The highest BCUT2D eigenvalue weighted by molar-refractivity contribution is 7.15. The van der Waals surface area contributed by atoms with Gasteiger partial charge < -0.3 is 5.11 Å². The quantitative estimate of drug-likeness (QED) is 0.771. The molecule has 0 unspecified atom stereocenters. The fourth-order valence-electron chi connectivity index (χ4n) is 1.75. The summed E-state index contributed by atoms with van der Waals surface area (Å²) in [5.74, 6) is -2.09. The van der Waals surface area contributed by atoms with Crippen molar-refractivity contribution in [3.05, 3.63) is 52.2 Å². The van der Waals surface area contributed by atoms with E-state index in [1.54, 1.807) is 5.38 Å². The van der Waals surface area contributed by atoms with E-state index in [-0.39, 0.29) is 11.1 Å². The minimum atomic E-state index is -1.01. The minimum absolute atomic E-state index is 0.0984. The first-order valence-corrected chi connectivity index (χ1v) is 7.53. The fraction of sp³-hybridized carbons (Fsp3) is 0. The lowest BCUT2D eigenvalue weighted by Gasteiger charge is -1.98. The van der Waals surface area contributed by atoms with Crippen molar-refractivity contribution in [3.63, 3.8) is 0 Å². The van der Waals surface area contributed by atoms with Crippen LogP contribution in [0.25, 0.3) is 21.1 Å². The smallest absolute Gasteiger partial charge is 0.336 e. The predicted molar refractivity (Wildman–Crippen MR) is 77.7 cm³/mol. The van der Waals surface area contributed by atoms with E-state index in [9.17, 15) is 13.6 Å². The molecule has 0 aliphatic carbocycles. The molecule has 1 N–H and O–H groups in total. The van der Waals surface area contributed by atoms with Crippen LogP contribution in [0, 0.1) is 11.6 Å². The van der Waals surface area contributed by atoms with E-state index in [4.69, 9.17) is 5.11 Å². The van der Waals surface area contributed by atoms with Gasteiger partial charge >= 0.3 is 5.97 Å². The Labute approximate surface area is 126 Å². The second-order valence-electron chi connectivity index (χ2n) is 4.17. The number of carbonyl (C=O) groups is 1. The SMILES string of the molecule is O=C(O)c1csc(-c2csc(-c3cc(F)ccc3F)n2)c1. The van der Waals surface area contributed by atoms with Gasteiger partial charge in [0.05, 0.1) is 16.1 Å². The molecule has 0 saturated heterocycles. The molecule has 1 aromatic carbocycles. The zero-order valence-corrected chi connectivity index (χ0v) is 12.0. The molecule has 0 spiro atoms. The lowest BCUT2D eigenvalue weighted by atomic mass is 10.2. The Morgan fingerprint density at radius 3 is 2.67 bits per heavy atom. The van der Waals surface area contributed by atoms with E-state index in [1.807, 2.05) is 0 Å². The molecule has 106 valence electrons. The van der Waals surface area contributed by atoms with E-state index in [0.717, 1.165) is 18.2 Å². The third-order valence-corrected chi connectivity index (χ3v) is 4.59. The zero-order valence-electron chi connectivity index (χ0n) is 10.3. The second kappa shape index (κ2) is 5.34. The Hall–Kier alpha value is -2.12. The number of rotatable bonds is 3. The molecule has 0 bridgehead atoms. The van der Waals surface area contributed by atoms with Crippen LogP contribution in [-0.2, 0) is 0 Å². The lowest BCUT2D eigenvalue weighted by molar-refractivity contribution is 0.0697. The average molecular weight is 323 g/mol. The van der Waals surface area contributed by atoms with Crippen LogP contribution < -0.4 is 0 Å². The Kier molecular flexibility index (Phi) is 3.52. The van der Waals surface area contributed by atoms with E-state index < -0.39 is 17.6 Å². The fourth-order valence-corrected chi connectivity index (χ4v) is 3.51. The van der Waals surface area contributed by atoms with E-state index in [1.165, 1.54) is 34.1 Å². The summed E-state index contributed by atoms with van der Waals surface area (Å²) in [6.45, 7) is 0. The summed E-state index contributed by atoms with van der Waals surface area (Å²) in [5, 5.41) is 12.5. The summed E-state index contributed by atoms with van der Waals surface area (Å²) in [4.78, 5) is 15.8. The van der Waals surface area contributed by atoms with Gasteiger partial charge in [-0.05, 0) is 24.3 Å². The van der Waals surface area contributed by atoms with Gasteiger partial charge in [0, 0.05) is 16.3 Å². The van der Waals surface area contributed by atoms with Crippen molar-refractivity contribution in [2.24, 2.45) is 0 Å². The van der Waals surface area contributed by atoms with Crippen LogP contribution >= 0.6 is 22.7 Å². The van der Waals surface area contributed by atoms with Crippen molar-refractivity contribution >= 4 is 28.6 Å². The van der Waals surface area contributed by atoms with Crippen LogP contribution in [0.15, 0.2) is 35.0 Å². The molecule has 0 saturated carbocycles. The van der Waals surface area contributed by atoms with Crippen LogP contribution in [-0.4, -0.2) is 16.1 Å². The molecule has 3 nitrogen and oxygen atoms in total. The van der Waals surface area contributed by atoms with Gasteiger partial charge in [0.1, 0.15) is 16.6 Å². The highest BCUT2D eigenvalue weighted by Gasteiger charge is 2.14. The maximum absolute atomic E-state index is 13.7. The summed E-state index contributed by atoms with van der Waals surface area (Å²) >= 11 is 2.42. The van der Waals surface area contributed by atoms with Gasteiger partial charge in [-0.2, -0.15) is 0 Å².